The van der Waals surface area contributed by atoms with E-state index in [0.29, 0.717) is 17.3 Å². The molecule has 0 bridgehead atoms. The van der Waals surface area contributed by atoms with E-state index in [4.69, 9.17) is 5.11 Å². The van der Waals surface area contributed by atoms with Gasteiger partial charge in [0.05, 0.1) is 17.2 Å². The number of nitrogens with zero attached hydrogens (tertiary/aromatic N) is 2. The van der Waals surface area contributed by atoms with Crippen LogP contribution in [0.25, 0.3) is 10.9 Å². The summed E-state index contributed by atoms with van der Waals surface area (Å²) in [7, 11) is 0. The Hall–Kier alpha value is -2.22. The summed E-state index contributed by atoms with van der Waals surface area (Å²) in [5.74, 6) is -1.29. The summed E-state index contributed by atoms with van der Waals surface area (Å²) in [5, 5.41) is 11.9. The Morgan fingerprint density at radius 2 is 2.08 bits per heavy atom. The van der Waals surface area contributed by atoms with E-state index in [1.54, 1.807) is 32.0 Å². The first kappa shape index (κ1) is 18.1. The van der Waals surface area contributed by atoms with E-state index >= 15 is 0 Å². The van der Waals surface area contributed by atoms with Crippen LogP contribution in [0.3, 0.4) is 0 Å². The predicted molar refractivity (Wildman–Crippen MR) is 92.8 cm³/mol. The number of halogens is 1. The van der Waals surface area contributed by atoms with E-state index in [2.05, 4.69) is 26.2 Å². The molecule has 2 rings (SSSR count). The molecule has 0 aliphatic heterocycles. The number of aromatic nitrogens is 2. The lowest BCUT2D eigenvalue weighted by atomic mass is 9.98. The first-order chi connectivity index (χ1) is 11.2. The molecular weight excluding hydrogens is 378 g/mol. The molecule has 1 aromatic carbocycles. The number of carboxylic acids is 1. The van der Waals surface area contributed by atoms with Gasteiger partial charge in [-0.1, -0.05) is 15.9 Å². The number of hydrogen-bond donors (Lipinski definition) is 2. The minimum Gasteiger partial charge on any atom is -0.481 e. The lowest BCUT2D eigenvalue weighted by Gasteiger charge is -2.25. The zero-order chi connectivity index (χ0) is 17.9. The number of aliphatic carboxylic acids is 1. The van der Waals surface area contributed by atoms with Gasteiger partial charge in [0.15, 0.2) is 0 Å². The zero-order valence-corrected chi connectivity index (χ0v) is 15.0. The second kappa shape index (κ2) is 7.12. The molecule has 0 fully saturated rings. The Morgan fingerprint density at radius 3 is 2.75 bits per heavy atom. The van der Waals surface area contributed by atoms with Crippen molar-refractivity contribution in [3.8, 4) is 0 Å². The van der Waals surface area contributed by atoms with Crippen LogP contribution < -0.4 is 10.9 Å². The largest absolute Gasteiger partial charge is 0.481 e. The monoisotopic (exact) mass is 395 g/mol. The maximum atomic E-state index is 12.4. The van der Waals surface area contributed by atoms with Crippen molar-refractivity contribution in [1.82, 2.24) is 14.9 Å². The summed E-state index contributed by atoms with van der Waals surface area (Å²) in [6, 6.07) is 5.17. The molecule has 0 saturated heterocycles. The summed E-state index contributed by atoms with van der Waals surface area (Å²) < 4.78 is 1.99. The Morgan fingerprint density at radius 1 is 1.38 bits per heavy atom. The molecular formula is C16H18BrN3O4. The predicted octanol–water partition coefficient (Wildman–Crippen LogP) is 1.92. The van der Waals surface area contributed by atoms with Crippen LogP contribution in [-0.4, -0.2) is 32.1 Å². The van der Waals surface area contributed by atoms with Crippen molar-refractivity contribution in [2.75, 3.05) is 0 Å². The van der Waals surface area contributed by atoms with E-state index in [9.17, 15) is 14.4 Å². The summed E-state index contributed by atoms with van der Waals surface area (Å²) in [6.07, 6.45) is 1.59. The third kappa shape index (κ3) is 4.64. The summed E-state index contributed by atoms with van der Waals surface area (Å²) in [4.78, 5) is 39.4. The SMILES string of the molecule is CC(C)(CCC(=O)O)NC(=O)Cn1cnc2ccc(Br)cc2c1=O. The molecule has 1 aromatic heterocycles. The highest BCUT2D eigenvalue weighted by Crippen LogP contribution is 2.15. The van der Waals surface area contributed by atoms with Gasteiger partial charge >= 0.3 is 5.97 Å². The van der Waals surface area contributed by atoms with Crippen LogP contribution in [0.5, 0.6) is 0 Å². The first-order valence-electron chi connectivity index (χ1n) is 7.35. The molecule has 1 amide bonds. The van der Waals surface area contributed by atoms with E-state index < -0.39 is 11.5 Å². The van der Waals surface area contributed by atoms with Gasteiger partial charge in [0.1, 0.15) is 6.54 Å². The fraction of sp³-hybridized carbons (Fsp3) is 0.375. The molecule has 128 valence electrons. The lowest BCUT2D eigenvalue weighted by molar-refractivity contribution is -0.137. The second-order valence-corrected chi connectivity index (χ2v) is 7.08. The Kier molecular flexibility index (Phi) is 5.38. The van der Waals surface area contributed by atoms with Gasteiger partial charge in [0, 0.05) is 16.4 Å². The van der Waals surface area contributed by atoms with E-state index in [1.165, 1.54) is 10.9 Å². The minimum absolute atomic E-state index is 0.0429. The van der Waals surface area contributed by atoms with Crippen molar-refractivity contribution in [1.29, 1.82) is 0 Å². The molecule has 2 aromatic rings. The lowest BCUT2D eigenvalue weighted by Crippen LogP contribution is -2.46. The third-order valence-electron chi connectivity index (χ3n) is 3.54. The first-order valence-corrected chi connectivity index (χ1v) is 8.15. The standard InChI is InChI=1S/C16H18BrN3O4/c1-16(2,6-5-14(22)23)19-13(21)8-20-9-18-12-4-3-10(17)7-11(12)15(20)24/h3-4,7,9H,5-6,8H2,1-2H3,(H,19,21)(H,22,23). The van der Waals surface area contributed by atoms with Gasteiger partial charge in [0.2, 0.25) is 5.91 Å². The quantitative estimate of drug-likeness (QED) is 0.777. The van der Waals surface area contributed by atoms with Crippen LogP contribution in [0.4, 0.5) is 0 Å². The topological polar surface area (TPSA) is 101 Å². The number of nitrogens with one attached hydrogen (secondary N) is 1. The number of rotatable bonds is 6. The van der Waals surface area contributed by atoms with Crippen LogP contribution in [0.1, 0.15) is 26.7 Å². The molecule has 0 aliphatic rings. The number of hydrogen-bond acceptors (Lipinski definition) is 4. The highest BCUT2D eigenvalue weighted by Gasteiger charge is 2.22. The maximum absolute atomic E-state index is 12.4. The van der Waals surface area contributed by atoms with Crippen LogP contribution >= 0.6 is 15.9 Å². The zero-order valence-electron chi connectivity index (χ0n) is 13.4. The van der Waals surface area contributed by atoms with Crippen LogP contribution in [0, 0.1) is 0 Å². The molecule has 2 N–H and O–H groups in total. The van der Waals surface area contributed by atoms with Gasteiger partial charge in [-0.05, 0) is 38.5 Å². The normalized spacial score (nSPS) is 11.5. The smallest absolute Gasteiger partial charge is 0.303 e. The molecule has 0 radical (unpaired) electrons. The fourth-order valence-corrected chi connectivity index (χ4v) is 2.66. The summed E-state index contributed by atoms with van der Waals surface area (Å²) in [5.41, 5.74) is -0.423. The Balaban J connectivity index is 2.14. The highest BCUT2D eigenvalue weighted by atomic mass is 79.9. The minimum atomic E-state index is -0.919. The molecule has 0 aliphatic carbocycles. The van der Waals surface area contributed by atoms with Gasteiger partial charge in [-0.25, -0.2) is 4.98 Å². The summed E-state index contributed by atoms with van der Waals surface area (Å²) >= 11 is 3.31. The van der Waals surface area contributed by atoms with Crippen LogP contribution in [0.15, 0.2) is 33.8 Å². The number of carboxylic acid groups (broad SMARTS) is 1. The average molecular weight is 396 g/mol. The van der Waals surface area contributed by atoms with Crippen molar-refractivity contribution in [3.63, 3.8) is 0 Å². The van der Waals surface area contributed by atoms with Crippen molar-refractivity contribution in [2.45, 2.75) is 38.8 Å². The van der Waals surface area contributed by atoms with Crippen LogP contribution in [0.2, 0.25) is 0 Å². The number of carbonyl (C=O) groups is 2. The summed E-state index contributed by atoms with van der Waals surface area (Å²) in [6.45, 7) is 3.31. The molecule has 0 atom stereocenters. The molecule has 0 saturated carbocycles. The number of amides is 1. The molecule has 0 spiro atoms. The van der Waals surface area contributed by atoms with Crippen molar-refractivity contribution >= 4 is 38.7 Å². The molecule has 8 heteroatoms. The fourth-order valence-electron chi connectivity index (χ4n) is 2.30. The average Bonchev–Trinajstić information content (AvgIpc) is 2.48. The molecule has 1 heterocycles. The van der Waals surface area contributed by atoms with Gasteiger partial charge < -0.3 is 10.4 Å². The highest BCUT2D eigenvalue weighted by molar-refractivity contribution is 9.10. The molecule has 24 heavy (non-hydrogen) atoms. The third-order valence-corrected chi connectivity index (χ3v) is 4.03. The number of benzene rings is 1. The molecule has 7 nitrogen and oxygen atoms in total. The Labute approximate surface area is 146 Å². The van der Waals surface area contributed by atoms with Crippen molar-refractivity contribution in [2.24, 2.45) is 0 Å². The van der Waals surface area contributed by atoms with Crippen molar-refractivity contribution < 1.29 is 14.7 Å². The number of carbonyl (C=O) groups excluding carboxylic acids is 1. The van der Waals surface area contributed by atoms with Gasteiger partial charge in [-0.2, -0.15) is 0 Å². The number of fused-ring (bicyclic) bond motifs is 1. The van der Waals surface area contributed by atoms with E-state index in [0.717, 1.165) is 4.47 Å². The van der Waals surface area contributed by atoms with Crippen LogP contribution in [-0.2, 0) is 16.1 Å². The Bertz CT molecular complexity index is 845. The van der Waals surface area contributed by atoms with Gasteiger partial charge in [-0.3, -0.25) is 19.0 Å². The van der Waals surface area contributed by atoms with E-state index in [1.807, 2.05) is 0 Å². The van der Waals surface area contributed by atoms with Gasteiger partial charge in [0.25, 0.3) is 5.56 Å². The van der Waals surface area contributed by atoms with Crippen molar-refractivity contribution in [3.05, 3.63) is 39.4 Å². The van der Waals surface area contributed by atoms with E-state index in [-0.39, 0.29) is 24.4 Å². The van der Waals surface area contributed by atoms with Gasteiger partial charge in [-0.15, -0.1) is 0 Å². The maximum Gasteiger partial charge on any atom is 0.303 e. The second-order valence-electron chi connectivity index (χ2n) is 6.16. The molecule has 0 unspecified atom stereocenters.